The first-order valence-electron chi connectivity index (χ1n) is 11.8. The molecule has 1 N–H and O–H groups in total. The van der Waals surface area contributed by atoms with Crippen LogP contribution in [0.4, 0.5) is 10.1 Å². The van der Waals surface area contributed by atoms with Crippen molar-refractivity contribution < 1.29 is 22.3 Å². The zero-order valence-corrected chi connectivity index (χ0v) is 21.0. The fraction of sp³-hybridized carbons (Fsp3) is 0.296. The average Bonchev–Trinajstić information content (AvgIpc) is 2.88. The van der Waals surface area contributed by atoms with E-state index in [1.54, 1.807) is 24.3 Å². The van der Waals surface area contributed by atoms with Crippen molar-refractivity contribution in [1.29, 1.82) is 0 Å². The van der Waals surface area contributed by atoms with Crippen LogP contribution in [0.2, 0.25) is 0 Å². The monoisotopic (exact) mass is 511 g/mol. The minimum atomic E-state index is -4.09. The van der Waals surface area contributed by atoms with E-state index in [-0.39, 0.29) is 11.4 Å². The van der Waals surface area contributed by atoms with Crippen LogP contribution in [-0.2, 0) is 32.6 Å². The van der Waals surface area contributed by atoms with Crippen LogP contribution in [-0.4, -0.2) is 52.1 Å². The Hall–Kier alpha value is -3.27. The Bertz CT molecular complexity index is 1280. The Morgan fingerprint density at radius 2 is 1.67 bits per heavy atom. The van der Waals surface area contributed by atoms with E-state index in [1.807, 2.05) is 25.1 Å². The van der Waals surface area contributed by atoms with Crippen LogP contribution < -0.4 is 9.62 Å². The van der Waals surface area contributed by atoms with Gasteiger partial charge in [-0.1, -0.05) is 42.0 Å². The maximum atomic E-state index is 13.4. The second kappa shape index (κ2) is 11.6. The summed E-state index contributed by atoms with van der Waals surface area (Å²) in [7, 11) is -4.09. The average molecular weight is 512 g/mol. The van der Waals surface area contributed by atoms with Crippen molar-refractivity contribution >= 4 is 21.6 Å². The molecule has 0 bridgehead atoms. The third-order valence-electron chi connectivity index (χ3n) is 6.00. The second-order valence-corrected chi connectivity index (χ2v) is 10.6. The molecule has 9 heteroatoms. The molecular weight excluding hydrogens is 481 g/mol. The van der Waals surface area contributed by atoms with Crippen molar-refractivity contribution in [3.8, 4) is 0 Å². The van der Waals surface area contributed by atoms with Gasteiger partial charge in [0.1, 0.15) is 12.4 Å². The Morgan fingerprint density at radius 3 is 2.36 bits per heavy atom. The number of morpholine rings is 1. The summed E-state index contributed by atoms with van der Waals surface area (Å²) in [6.45, 7) is 5.80. The van der Waals surface area contributed by atoms with Crippen LogP contribution in [0.5, 0.6) is 0 Å². The van der Waals surface area contributed by atoms with E-state index in [2.05, 4.69) is 16.3 Å². The van der Waals surface area contributed by atoms with Crippen molar-refractivity contribution in [3.63, 3.8) is 0 Å². The summed E-state index contributed by atoms with van der Waals surface area (Å²) in [4.78, 5) is 15.1. The van der Waals surface area contributed by atoms with E-state index in [9.17, 15) is 17.6 Å². The smallest absolute Gasteiger partial charge is 0.264 e. The van der Waals surface area contributed by atoms with Gasteiger partial charge in [0.15, 0.2) is 0 Å². The summed E-state index contributed by atoms with van der Waals surface area (Å²) >= 11 is 0. The summed E-state index contributed by atoms with van der Waals surface area (Å²) in [5.74, 6) is -0.982. The summed E-state index contributed by atoms with van der Waals surface area (Å²) in [5, 5.41) is 2.84. The number of sulfonamides is 1. The topological polar surface area (TPSA) is 79.0 Å². The molecule has 0 saturated carbocycles. The molecule has 0 unspecified atom stereocenters. The first kappa shape index (κ1) is 25.8. The summed E-state index contributed by atoms with van der Waals surface area (Å²) in [6, 6.07) is 19.4. The lowest BCUT2D eigenvalue weighted by Gasteiger charge is -2.26. The van der Waals surface area contributed by atoms with Gasteiger partial charge in [-0.15, -0.1) is 0 Å². The van der Waals surface area contributed by atoms with Crippen LogP contribution in [0.1, 0.15) is 16.7 Å². The Labute approximate surface area is 211 Å². The predicted molar refractivity (Wildman–Crippen MR) is 136 cm³/mol. The maximum absolute atomic E-state index is 13.4. The van der Waals surface area contributed by atoms with Gasteiger partial charge < -0.3 is 10.1 Å². The number of anilines is 1. The number of carbonyl (C=O) groups excluding carboxylic acids is 1. The van der Waals surface area contributed by atoms with Gasteiger partial charge in [-0.3, -0.25) is 14.0 Å². The fourth-order valence-electron chi connectivity index (χ4n) is 4.00. The van der Waals surface area contributed by atoms with Crippen molar-refractivity contribution in [2.24, 2.45) is 0 Å². The number of ether oxygens (including phenoxy) is 1. The Morgan fingerprint density at radius 1 is 1.00 bits per heavy atom. The van der Waals surface area contributed by atoms with Crippen LogP contribution in [0.15, 0.2) is 77.7 Å². The van der Waals surface area contributed by atoms with Gasteiger partial charge >= 0.3 is 0 Å². The van der Waals surface area contributed by atoms with Crippen LogP contribution in [0.3, 0.4) is 0 Å². The SMILES string of the molecule is Cc1ccc(N(CC(=O)NCc2cccc(CN3CCOCC3)c2)S(=O)(=O)c2ccc(F)cc2)cc1. The van der Waals surface area contributed by atoms with Gasteiger partial charge in [-0.2, -0.15) is 0 Å². The van der Waals surface area contributed by atoms with Crippen LogP contribution in [0, 0.1) is 12.7 Å². The highest BCUT2D eigenvalue weighted by molar-refractivity contribution is 7.92. The minimum absolute atomic E-state index is 0.0897. The van der Waals surface area contributed by atoms with E-state index >= 15 is 0 Å². The van der Waals surface area contributed by atoms with E-state index in [4.69, 9.17) is 4.74 Å². The molecule has 7 nitrogen and oxygen atoms in total. The lowest BCUT2D eigenvalue weighted by Crippen LogP contribution is -2.40. The van der Waals surface area contributed by atoms with Crippen molar-refractivity contribution in [2.45, 2.75) is 24.9 Å². The highest BCUT2D eigenvalue weighted by Crippen LogP contribution is 2.24. The molecule has 0 spiro atoms. The largest absolute Gasteiger partial charge is 0.379 e. The molecule has 0 aromatic heterocycles. The molecule has 3 aromatic carbocycles. The molecule has 4 rings (SSSR count). The van der Waals surface area contributed by atoms with Gasteiger partial charge in [0.25, 0.3) is 10.0 Å². The molecule has 36 heavy (non-hydrogen) atoms. The molecule has 1 amide bonds. The number of amides is 1. The molecular formula is C27H30FN3O4S. The molecule has 1 aliphatic rings. The fourth-order valence-corrected chi connectivity index (χ4v) is 5.42. The molecule has 3 aromatic rings. The van der Waals surface area contributed by atoms with Crippen molar-refractivity contribution in [2.75, 3.05) is 37.2 Å². The van der Waals surface area contributed by atoms with Gasteiger partial charge in [0, 0.05) is 26.2 Å². The maximum Gasteiger partial charge on any atom is 0.264 e. The molecule has 1 aliphatic heterocycles. The number of hydrogen-bond donors (Lipinski definition) is 1. The van der Waals surface area contributed by atoms with Gasteiger partial charge in [0.2, 0.25) is 5.91 Å². The number of nitrogens with zero attached hydrogens (tertiary/aromatic N) is 2. The number of rotatable bonds is 9. The third-order valence-corrected chi connectivity index (χ3v) is 7.79. The third kappa shape index (κ3) is 6.69. The zero-order chi connectivity index (χ0) is 25.5. The van der Waals surface area contributed by atoms with Gasteiger partial charge in [0.05, 0.1) is 23.8 Å². The van der Waals surface area contributed by atoms with E-state index < -0.39 is 28.3 Å². The second-order valence-electron chi connectivity index (χ2n) is 8.79. The number of benzene rings is 3. The van der Waals surface area contributed by atoms with Crippen LogP contribution in [0.25, 0.3) is 0 Å². The first-order valence-corrected chi connectivity index (χ1v) is 13.2. The summed E-state index contributed by atoms with van der Waals surface area (Å²) in [5.41, 5.74) is 3.38. The standard InChI is InChI=1S/C27H30FN3O4S/c1-21-5-9-25(10-6-21)31(36(33,34)26-11-7-24(28)8-12-26)20-27(32)29-18-22-3-2-4-23(17-22)19-30-13-15-35-16-14-30/h2-12,17H,13-16,18-20H2,1H3,(H,29,32). The lowest BCUT2D eigenvalue weighted by molar-refractivity contribution is -0.119. The quantitative estimate of drug-likeness (QED) is 0.476. The molecule has 0 atom stereocenters. The normalized spacial score (nSPS) is 14.4. The number of halogens is 1. The van der Waals surface area contributed by atoms with E-state index in [0.29, 0.717) is 5.69 Å². The molecule has 1 fully saturated rings. The lowest BCUT2D eigenvalue weighted by atomic mass is 10.1. The number of nitrogens with one attached hydrogen (secondary N) is 1. The molecule has 1 saturated heterocycles. The van der Waals surface area contributed by atoms with Crippen LogP contribution >= 0.6 is 0 Å². The highest BCUT2D eigenvalue weighted by atomic mass is 32.2. The summed E-state index contributed by atoms with van der Waals surface area (Å²) < 4.78 is 46.6. The number of aryl methyl sites for hydroxylation is 1. The Balaban J connectivity index is 1.46. The van der Waals surface area contributed by atoms with E-state index in [0.717, 1.165) is 66.0 Å². The molecule has 190 valence electrons. The highest BCUT2D eigenvalue weighted by Gasteiger charge is 2.27. The minimum Gasteiger partial charge on any atom is -0.379 e. The molecule has 0 radical (unpaired) electrons. The molecule has 1 heterocycles. The van der Waals surface area contributed by atoms with E-state index in [1.165, 1.54) is 12.1 Å². The van der Waals surface area contributed by atoms with Crippen molar-refractivity contribution in [1.82, 2.24) is 10.2 Å². The summed E-state index contributed by atoms with van der Waals surface area (Å²) in [6.07, 6.45) is 0. The number of carbonyl (C=O) groups is 1. The van der Waals surface area contributed by atoms with Gasteiger partial charge in [-0.05, 0) is 54.4 Å². The predicted octanol–water partition coefficient (Wildman–Crippen LogP) is 3.48. The van der Waals surface area contributed by atoms with Crippen molar-refractivity contribution in [3.05, 3.63) is 95.3 Å². The van der Waals surface area contributed by atoms with Gasteiger partial charge in [-0.25, -0.2) is 12.8 Å². The molecule has 0 aliphatic carbocycles. The number of hydrogen-bond acceptors (Lipinski definition) is 5. The Kier molecular flexibility index (Phi) is 8.35. The zero-order valence-electron chi connectivity index (χ0n) is 20.2. The first-order chi connectivity index (χ1) is 17.3.